The minimum Gasteiger partial charge on any atom is -0.211 e. The molecule has 6 nitrogen and oxygen atoms in total. The second-order valence-electron chi connectivity index (χ2n) is 4.15. The molecule has 1 saturated heterocycles. The van der Waals surface area contributed by atoms with Gasteiger partial charge < -0.3 is 0 Å². The molecule has 1 aliphatic rings. The fourth-order valence-electron chi connectivity index (χ4n) is 1.84. The third kappa shape index (κ3) is 2.49. The number of hydrogen-bond acceptors (Lipinski definition) is 4. The van der Waals surface area contributed by atoms with Crippen molar-refractivity contribution in [2.45, 2.75) is 25.9 Å². The largest absolute Gasteiger partial charge is 0.283 e. The van der Waals surface area contributed by atoms with Gasteiger partial charge in [0.15, 0.2) is 0 Å². The van der Waals surface area contributed by atoms with Crippen molar-refractivity contribution in [1.82, 2.24) is 8.61 Å². The molecule has 7 heteroatoms. The lowest BCUT2D eigenvalue weighted by Crippen LogP contribution is -2.50. The van der Waals surface area contributed by atoms with Crippen molar-refractivity contribution >= 4 is 16.3 Å². The number of carbonyl (C=O) groups excluding carboxylic acids is 1. The van der Waals surface area contributed by atoms with E-state index in [0.29, 0.717) is 6.54 Å². The Balaban J connectivity index is 3.05. The van der Waals surface area contributed by atoms with Gasteiger partial charge in [0.1, 0.15) is 6.17 Å². The smallest absolute Gasteiger partial charge is 0.211 e. The number of isocyanates is 1. The second kappa shape index (κ2) is 5.05. The van der Waals surface area contributed by atoms with E-state index in [2.05, 4.69) is 4.99 Å². The minimum atomic E-state index is -3.51. The van der Waals surface area contributed by atoms with Crippen LogP contribution >= 0.6 is 0 Å². The Morgan fingerprint density at radius 1 is 1.44 bits per heavy atom. The first-order valence-corrected chi connectivity index (χ1v) is 6.57. The molecule has 0 bridgehead atoms. The highest BCUT2D eigenvalue weighted by molar-refractivity contribution is 7.86. The van der Waals surface area contributed by atoms with E-state index < -0.39 is 16.4 Å². The van der Waals surface area contributed by atoms with Crippen LogP contribution in [0.5, 0.6) is 0 Å². The zero-order valence-corrected chi connectivity index (χ0v) is 10.6. The molecule has 1 fully saturated rings. The lowest BCUT2D eigenvalue weighted by Gasteiger charge is -2.36. The van der Waals surface area contributed by atoms with Crippen molar-refractivity contribution in [3.8, 4) is 0 Å². The molecule has 0 aromatic heterocycles. The van der Waals surface area contributed by atoms with Crippen LogP contribution in [-0.4, -0.2) is 49.9 Å². The van der Waals surface area contributed by atoms with Crippen LogP contribution in [0.15, 0.2) is 4.99 Å². The predicted molar refractivity (Wildman–Crippen MR) is 59.6 cm³/mol. The highest BCUT2D eigenvalue weighted by Gasteiger charge is 2.37. The number of nitrogens with zero attached hydrogens (tertiary/aromatic N) is 3. The van der Waals surface area contributed by atoms with E-state index in [4.69, 9.17) is 0 Å². The Morgan fingerprint density at radius 3 is 2.56 bits per heavy atom. The Bertz CT molecular complexity index is 387. The second-order valence-corrected chi connectivity index (χ2v) is 6.25. The third-order valence-corrected chi connectivity index (χ3v) is 4.70. The molecule has 2 atom stereocenters. The maximum atomic E-state index is 12.0. The van der Waals surface area contributed by atoms with Crippen molar-refractivity contribution in [2.24, 2.45) is 10.9 Å². The van der Waals surface area contributed by atoms with Crippen LogP contribution in [0.25, 0.3) is 0 Å². The van der Waals surface area contributed by atoms with E-state index in [1.54, 1.807) is 0 Å². The van der Waals surface area contributed by atoms with Crippen LogP contribution in [0, 0.1) is 5.92 Å². The summed E-state index contributed by atoms with van der Waals surface area (Å²) in [5.41, 5.74) is 0. The molecule has 0 amide bonds. The van der Waals surface area contributed by atoms with Gasteiger partial charge in [-0.05, 0) is 18.8 Å². The molecule has 2 unspecified atom stereocenters. The number of piperidine rings is 1. The number of aliphatic imine (C=N–C) groups is 1. The highest BCUT2D eigenvalue weighted by Crippen LogP contribution is 2.27. The van der Waals surface area contributed by atoms with Gasteiger partial charge in [-0.25, -0.2) is 4.79 Å². The molecule has 0 radical (unpaired) electrons. The average Bonchev–Trinajstić information content (AvgIpc) is 2.20. The molecular weight excluding hydrogens is 230 g/mol. The van der Waals surface area contributed by atoms with Crippen molar-refractivity contribution in [3.05, 3.63) is 0 Å². The topological polar surface area (TPSA) is 70.1 Å². The Hall–Kier alpha value is -0.750. The molecule has 92 valence electrons. The van der Waals surface area contributed by atoms with E-state index in [-0.39, 0.29) is 5.92 Å². The maximum absolute atomic E-state index is 12.0. The van der Waals surface area contributed by atoms with Crippen LogP contribution < -0.4 is 0 Å². The van der Waals surface area contributed by atoms with Crippen LogP contribution in [0.2, 0.25) is 0 Å². The molecule has 0 aromatic rings. The highest BCUT2D eigenvalue weighted by atomic mass is 32.2. The third-order valence-electron chi connectivity index (χ3n) is 2.78. The molecule has 1 rings (SSSR count). The molecule has 0 aromatic carbocycles. The molecule has 0 aliphatic carbocycles. The van der Waals surface area contributed by atoms with Crippen molar-refractivity contribution in [1.29, 1.82) is 0 Å². The monoisotopic (exact) mass is 247 g/mol. The summed E-state index contributed by atoms with van der Waals surface area (Å²) in [7, 11) is -0.573. The van der Waals surface area contributed by atoms with Crippen LogP contribution in [-0.2, 0) is 15.0 Å². The van der Waals surface area contributed by atoms with E-state index in [1.165, 1.54) is 24.5 Å². The minimum absolute atomic E-state index is 0.0462. The summed E-state index contributed by atoms with van der Waals surface area (Å²) < 4.78 is 26.4. The van der Waals surface area contributed by atoms with Crippen LogP contribution in [0.3, 0.4) is 0 Å². The zero-order valence-electron chi connectivity index (χ0n) is 9.75. The average molecular weight is 247 g/mol. The lowest BCUT2D eigenvalue weighted by atomic mass is 9.98. The Labute approximate surface area is 96.1 Å². The molecule has 0 spiro atoms. The van der Waals surface area contributed by atoms with Crippen molar-refractivity contribution in [2.75, 3.05) is 20.6 Å². The quantitative estimate of drug-likeness (QED) is 0.528. The SMILES string of the molecule is CC1CCCN(S(=O)(=O)N(C)C)C1N=C=O. The maximum Gasteiger partial charge on any atom is 0.283 e. The molecule has 0 saturated carbocycles. The Morgan fingerprint density at radius 2 is 2.06 bits per heavy atom. The molecule has 0 N–H and O–H groups in total. The summed E-state index contributed by atoms with van der Waals surface area (Å²) >= 11 is 0. The van der Waals surface area contributed by atoms with Crippen molar-refractivity contribution < 1.29 is 13.2 Å². The van der Waals surface area contributed by atoms with Gasteiger partial charge in [-0.2, -0.15) is 22.0 Å². The fourth-order valence-corrected chi connectivity index (χ4v) is 3.15. The Kier molecular flexibility index (Phi) is 4.21. The lowest BCUT2D eigenvalue weighted by molar-refractivity contribution is 0.185. The summed E-state index contributed by atoms with van der Waals surface area (Å²) in [5, 5.41) is 0. The summed E-state index contributed by atoms with van der Waals surface area (Å²) in [6, 6.07) is 0. The van der Waals surface area contributed by atoms with Gasteiger partial charge in [0.05, 0.1) is 0 Å². The van der Waals surface area contributed by atoms with Gasteiger partial charge >= 0.3 is 0 Å². The number of rotatable bonds is 3. The molecular formula is C9H17N3O3S. The zero-order chi connectivity index (χ0) is 12.3. The normalized spacial score (nSPS) is 27.8. The van der Waals surface area contributed by atoms with E-state index in [9.17, 15) is 13.2 Å². The molecule has 1 heterocycles. The van der Waals surface area contributed by atoms with E-state index >= 15 is 0 Å². The molecule has 1 aliphatic heterocycles. The van der Waals surface area contributed by atoms with Gasteiger partial charge in [-0.3, -0.25) is 0 Å². The standard InChI is InChI=1S/C9H17N3O3S/c1-8-5-4-6-12(9(8)10-7-13)16(14,15)11(2)3/h8-9H,4-6H2,1-3H3. The van der Waals surface area contributed by atoms with Gasteiger partial charge in [-0.15, -0.1) is 0 Å². The fraction of sp³-hybridized carbons (Fsp3) is 0.889. The molecule has 16 heavy (non-hydrogen) atoms. The van der Waals surface area contributed by atoms with Crippen molar-refractivity contribution in [3.63, 3.8) is 0 Å². The van der Waals surface area contributed by atoms with Gasteiger partial charge in [0, 0.05) is 20.6 Å². The summed E-state index contributed by atoms with van der Waals surface area (Å²) in [6.07, 6.45) is 2.51. The first kappa shape index (κ1) is 13.3. The van der Waals surface area contributed by atoms with Gasteiger partial charge in [0.2, 0.25) is 6.08 Å². The van der Waals surface area contributed by atoms with E-state index in [1.807, 2.05) is 6.92 Å². The van der Waals surface area contributed by atoms with Gasteiger partial charge in [0.25, 0.3) is 10.2 Å². The van der Waals surface area contributed by atoms with Crippen LogP contribution in [0.1, 0.15) is 19.8 Å². The first-order valence-electron chi connectivity index (χ1n) is 5.17. The summed E-state index contributed by atoms with van der Waals surface area (Å²) in [6.45, 7) is 2.30. The van der Waals surface area contributed by atoms with E-state index in [0.717, 1.165) is 17.1 Å². The van der Waals surface area contributed by atoms with Crippen LogP contribution in [0.4, 0.5) is 0 Å². The number of hydrogen-bond donors (Lipinski definition) is 0. The predicted octanol–water partition coefficient (Wildman–Crippen LogP) is 0.187. The summed E-state index contributed by atoms with van der Waals surface area (Å²) in [5.74, 6) is 0.0462. The first-order chi connectivity index (χ1) is 7.41. The van der Waals surface area contributed by atoms with Gasteiger partial charge in [-0.1, -0.05) is 6.92 Å². The summed E-state index contributed by atoms with van der Waals surface area (Å²) in [4.78, 5) is 13.9.